The fourth-order valence-electron chi connectivity index (χ4n) is 0.255. The molecule has 0 saturated carbocycles. The molecule has 1 nitrogen and oxygen atoms in total. The Bertz CT molecular complexity index is 85.9. The van der Waals surface area contributed by atoms with Crippen molar-refractivity contribution in [1.29, 1.82) is 0 Å². The molecule has 0 heterocycles. The van der Waals surface area contributed by atoms with E-state index in [0.29, 0.717) is 0 Å². The summed E-state index contributed by atoms with van der Waals surface area (Å²) in [6, 6.07) is 0. The number of hydrogen-bond donors (Lipinski definition) is 0. The average molecular weight is 207 g/mol. The average Bonchev–Trinajstić information content (AvgIpc) is 1.65. The van der Waals surface area contributed by atoms with Gasteiger partial charge in [0.05, 0.1) is 6.61 Å². The van der Waals surface area contributed by atoms with Crippen molar-refractivity contribution in [3.63, 3.8) is 0 Å². The standard InChI is InChI=1S/C4H6BrF3O/c1-2-9-4(7,8)3(5)6/h3H,2H2,1H3/t3-/m1/s1. The van der Waals surface area contributed by atoms with Crippen LogP contribution in [0.15, 0.2) is 0 Å². The zero-order valence-electron chi connectivity index (χ0n) is 4.70. The van der Waals surface area contributed by atoms with Gasteiger partial charge in [0.25, 0.3) is 0 Å². The van der Waals surface area contributed by atoms with Crippen LogP contribution < -0.4 is 0 Å². The molecule has 0 saturated heterocycles. The number of ether oxygens (including phenoxy) is 1. The quantitative estimate of drug-likeness (QED) is 0.645. The van der Waals surface area contributed by atoms with Crippen LogP contribution in [-0.4, -0.2) is 17.8 Å². The molecule has 0 rings (SSSR count). The minimum atomic E-state index is -3.70. The Labute approximate surface area is 59.3 Å². The molecule has 0 unspecified atom stereocenters. The highest BCUT2D eigenvalue weighted by Gasteiger charge is 2.39. The highest BCUT2D eigenvalue weighted by molar-refractivity contribution is 9.09. The first kappa shape index (κ1) is 9.23. The van der Waals surface area contributed by atoms with Crippen molar-refractivity contribution >= 4 is 15.9 Å². The molecule has 0 aromatic rings. The summed E-state index contributed by atoms with van der Waals surface area (Å²) in [6.07, 6.45) is -3.70. The van der Waals surface area contributed by atoms with Crippen LogP contribution in [0, 0.1) is 0 Å². The normalized spacial score (nSPS) is 15.7. The van der Waals surface area contributed by atoms with E-state index < -0.39 is 11.2 Å². The molecule has 9 heavy (non-hydrogen) atoms. The highest BCUT2D eigenvalue weighted by atomic mass is 79.9. The second kappa shape index (κ2) is 3.41. The third-order valence-electron chi connectivity index (χ3n) is 0.591. The molecule has 0 aliphatic rings. The first-order valence-electron chi connectivity index (χ1n) is 2.30. The fourth-order valence-corrected chi connectivity index (χ4v) is 0.388. The van der Waals surface area contributed by atoms with Crippen molar-refractivity contribution in [3.8, 4) is 0 Å². The maximum atomic E-state index is 11.9. The smallest absolute Gasteiger partial charge is 0.318 e. The minimum Gasteiger partial charge on any atom is -0.318 e. The lowest BCUT2D eigenvalue weighted by molar-refractivity contribution is -0.250. The summed E-state index contributed by atoms with van der Waals surface area (Å²) in [6.45, 7) is 1.16. The Morgan fingerprint density at radius 1 is 1.67 bits per heavy atom. The van der Waals surface area contributed by atoms with Crippen molar-refractivity contribution < 1.29 is 17.9 Å². The zero-order chi connectivity index (χ0) is 7.49. The SMILES string of the molecule is CCOC(F)(F)[C@@H](F)Br. The molecule has 0 spiro atoms. The van der Waals surface area contributed by atoms with E-state index >= 15 is 0 Å². The molecule has 1 atom stereocenters. The molecule has 0 aliphatic carbocycles. The lowest BCUT2D eigenvalue weighted by atomic mass is 10.7. The molecule has 0 aromatic heterocycles. The number of alkyl halides is 4. The summed E-state index contributed by atoms with van der Waals surface area (Å²) in [7, 11) is 0. The van der Waals surface area contributed by atoms with Gasteiger partial charge in [0.2, 0.25) is 5.08 Å². The van der Waals surface area contributed by atoms with Crippen LogP contribution in [0.4, 0.5) is 13.2 Å². The van der Waals surface area contributed by atoms with Crippen molar-refractivity contribution in [3.05, 3.63) is 0 Å². The Morgan fingerprint density at radius 2 is 2.11 bits per heavy atom. The summed E-state index contributed by atoms with van der Waals surface area (Å²) in [5, 5.41) is -2.43. The summed E-state index contributed by atoms with van der Waals surface area (Å²) < 4.78 is 39.2. The number of halogens is 4. The first-order chi connectivity index (χ1) is 4.00. The maximum Gasteiger partial charge on any atom is 0.396 e. The van der Waals surface area contributed by atoms with Crippen LogP contribution in [0.25, 0.3) is 0 Å². The van der Waals surface area contributed by atoms with E-state index in [4.69, 9.17) is 0 Å². The molecule has 0 bridgehead atoms. The van der Waals surface area contributed by atoms with E-state index in [0.717, 1.165) is 0 Å². The van der Waals surface area contributed by atoms with Crippen molar-refractivity contribution in [2.75, 3.05) is 6.61 Å². The molecule has 0 aliphatic heterocycles. The van der Waals surface area contributed by atoms with Crippen molar-refractivity contribution in [2.45, 2.75) is 18.1 Å². The van der Waals surface area contributed by atoms with Gasteiger partial charge in [-0.1, -0.05) is 0 Å². The molecule has 0 aromatic carbocycles. The Kier molecular flexibility index (Phi) is 3.50. The van der Waals surface area contributed by atoms with Crippen LogP contribution in [0.2, 0.25) is 0 Å². The molecule has 5 heteroatoms. The van der Waals surface area contributed by atoms with Gasteiger partial charge in [0.1, 0.15) is 0 Å². The van der Waals surface area contributed by atoms with E-state index in [1.807, 2.05) is 0 Å². The Balaban J connectivity index is 3.70. The van der Waals surface area contributed by atoms with E-state index in [1.165, 1.54) is 6.92 Å². The van der Waals surface area contributed by atoms with Gasteiger partial charge in [0.15, 0.2) is 0 Å². The molecule has 0 N–H and O–H groups in total. The van der Waals surface area contributed by atoms with Gasteiger partial charge in [-0.15, -0.1) is 0 Å². The second-order valence-corrected chi connectivity index (χ2v) is 2.10. The van der Waals surface area contributed by atoms with Crippen LogP contribution in [0.5, 0.6) is 0 Å². The van der Waals surface area contributed by atoms with Crippen molar-refractivity contribution in [1.82, 2.24) is 0 Å². The Hall–Kier alpha value is 0.230. The van der Waals surface area contributed by atoms with Gasteiger partial charge < -0.3 is 4.74 Å². The van der Waals surface area contributed by atoms with Gasteiger partial charge in [-0.25, -0.2) is 4.39 Å². The topological polar surface area (TPSA) is 9.23 Å². The highest BCUT2D eigenvalue weighted by Crippen LogP contribution is 2.26. The monoisotopic (exact) mass is 206 g/mol. The van der Waals surface area contributed by atoms with Gasteiger partial charge >= 0.3 is 6.11 Å². The minimum absolute atomic E-state index is 0.209. The summed E-state index contributed by atoms with van der Waals surface area (Å²) >= 11 is 2.06. The van der Waals surface area contributed by atoms with E-state index in [9.17, 15) is 13.2 Å². The molecule has 56 valence electrons. The van der Waals surface area contributed by atoms with E-state index in [-0.39, 0.29) is 6.61 Å². The summed E-state index contributed by atoms with van der Waals surface area (Å²) in [5.74, 6) is 0. The third kappa shape index (κ3) is 3.05. The van der Waals surface area contributed by atoms with Crippen LogP contribution in [0.1, 0.15) is 6.92 Å². The lowest BCUT2D eigenvalue weighted by Gasteiger charge is -2.14. The molecular formula is C4H6BrF3O. The van der Waals surface area contributed by atoms with Crippen LogP contribution in [-0.2, 0) is 4.74 Å². The summed E-state index contributed by atoms with van der Waals surface area (Å²) in [5.41, 5.74) is 0. The second-order valence-electron chi connectivity index (χ2n) is 1.30. The van der Waals surface area contributed by atoms with E-state index in [2.05, 4.69) is 20.7 Å². The molecule has 0 radical (unpaired) electrons. The number of rotatable bonds is 3. The van der Waals surface area contributed by atoms with Gasteiger partial charge in [-0.05, 0) is 22.9 Å². The van der Waals surface area contributed by atoms with Crippen LogP contribution in [0.3, 0.4) is 0 Å². The predicted octanol–water partition coefficient (Wildman–Crippen LogP) is 2.31. The van der Waals surface area contributed by atoms with Crippen molar-refractivity contribution in [2.24, 2.45) is 0 Å². The predicted molar refractivity (Wildman–Crippen MR) is 30.4 cm³/mol. The van der Waals surface area contributed by atoms with Gasteiger partial charge in [-0.3, -0.25) is 0 Å². The molecular weight excluding hydrogens is 201 g/mol. The van der Waals surface area contributed by atoms with E-state index in [1.54, 1.807) is 0 Å². The first-order valence-corrected chi connectivity index (χ1v) is 3.22. The molecule has 0 fully saturated rings. The van der Waals surface area contributed by atoms with Gasteiger partial charge in [-0.2, -0.15) is 8.78 Å². The van der Waals surface area contributed by atoms with Gasteiger partial charge in [0, 0.05) is 0 Å². The third-order valence-corrected chi connectivity index (χ3v) is 1.12. The lowest BCUT2D eigenvalue weighted by Crippen LogP contribution is -2.28. The maximum absolute atomic E-state index is 11.9. The molecule has 0 amide bonds. The zero-order valence-corrected chi connectivity index (χ0v) is 6.29. The largest absolute Gasteiger partial charge is 0.396 e. The summed E-state index contributed by atoms with van der Waals surface area (Å²) in [4.78, 5) is 0. The number of hydrogen-bond acceptors (Lipinski definition) is 1. The van der Waals surface area contributed by atoms with Crippen LogP contribution >= 0.6 is 15.9 Å². The Morgan fingerprint density at radius 3 is 2.22 bits per heavy atom. The fraction of sp³-hybridized carbons (Fsp3) is 1.00.